The van der Waals surface area contributed by atoms with Gasteiger partial charge >= 0.3 is 6.18 Å². The van der Waals surface area contributed by atoms with E-state index in [1.165, 1.54) is 24.4 Å². The zero-order valence-corrected chi connectivity index (χ0v) is 19.6. The SMILES string of the molecule is C=CCS(=O)(=O)c1ccc(-c2cccc(-c3c(C)cnc4c(C(F)(F)F)cccc34)c2)cc1Cl. The Kier molecular flexibility index (Phi) is 6.27. The van der Waals surface area contributed by atoms with E-state index in [1.807, 2.05) is 18.2 Å². The van der Waals surface area contributed by atoms with Crippen LogP contribution in [0.1, 0.15) is 11.1 Å². The van der Waals surface area contributed by atoms with E-state index in [9.17, 15) is 21.6 Å². The predicted molar refractivity (Wildman–Crippen MR) is 130 cm³/mol. The van der Waals surface area contributed by atoms with E-state index >= 15 is 0 Å². The van der Waals surface area contributed by atoms with Crippen molar-refractivity contribution in [3.63, 3.8) is 0 Å². The zero-order chi connectivity index (χ0) is 24.7. The molecule has 0 aliphatic carbocycles. The van der Waals surface area contributed by atoms with Crippen molar-refractivity contribution < 1.29 is 21.6 Å². The van der Waals surface area contributed by atoms with Gasteiger partial charge in [0.05, 0.1) is 26.8 Å². The fourth-order valence-electron chi connectivity index (χ4n) is 3.97. The van der Waals surface area contributed by atoms with E-state index in [0.717, 1.165) is 17.2 Å². The fourth-order valence-corrected chi connectivity index (χ4v) is 5.62. The second-order valence-corrected chi connectivity index (χ2v) is 10.2. The average Bonchev–Trinajstić information content (AvgIpc) is 2.77. The summed E-state index contributed by atoms with van der Waals surface area (Å²) < 4.78 is 65.3. The number of alkyl halides is 3. The normalized spacial score (nSPS) is 12.1. The molecule has 1 aromatic heterocycles. The largest absolute Gasteiger partial charge is 0.418 e. The number of aryl methyl sites for hydroxylation is 1. The van der Waals surface area contributed by atoms with Crippen LogP contribution in [0, 0.1) is 6.92 Å². The summed E-state index contributed by atoms with van der Waals surface area (Å²) in [6.45, 7) is 5.26. The number of fused-ring (bicyclic) bond motifs is 1. The van der Waals surface area contributed by atoms with Crippen molar-refractivity contribution in [2.45, 2.75) is 18.0 Å². The second-order valence-electron chi connectivity index (χ2n) is 7.81. The maximum atomic E-state index is 13.5. The number of hydrogen-bond donors (Lipinski definition) is 0. The standard InChI is InChI=1S/C26H19ClF3NO2S/c1-3-12-34(32,33)23-11-10-18(14-22(23)27)17-6-4-7-19(13-17)24-16(2)15-31-25-20(24)8-5-9-21(25)26(28,29)30/h3-11,13-15H,1,12H2,2H3. The first-order chi connectivity index (χ1) is 16.0. The molecule has 0 atom stereocenters. The van der Waals surface area contributed by atoms with Crippen LogP contribution >= 0.6 is 11.6 Å². The summed E-state index contributed by atoms with van der Waals surface area (Å²) in [6.07, 6.45) is -1.78. The molecule has 3 nitrogen and oxygen atoms in total. The van der Waals surface area contributed by atoms with Gasteiger partial charge in [0.2, 0.25) is 0 Å². The summed E-state index contributed by atoms with van der Waals surface area (Å²) in [5.41, 5.74) is 2.61. The Balaban J connectivity index is 1.85. The number of benzene rings is 3. The van der Waals surface area contributed by atoms with Crippen LogP contribution in [0.5, 0.6) is 0 Å². The van der Waals surface area contributed by atoms with Crippen LogP contribution in [0.3, 0.4) is 0 Å². The maximum absolute atomic E-state index is 13.5. The summed E-state index contributed by atoms with van der Waals surface area (Å²) in [4.78, 5) is 4.09. The summed E-state index contributed by atoms with van der Waals surface area (Å²) in [5, 5.41) is 0.487. The lowest BCUT2D eigenvalue weighted by Crippen LogP contribution is -2.07. The number of hydrogen-bond acceptors (Lipinski definition) is 3. The van der Waals surface area contributed by atoms with E-state index in [4.69, 9.17) is 11.6 Å². The van der Waals surface area contributed by atoms with Gasteiger partial charge in [0.15, 0.2) is 9.84 Å². The third kappa shape index (κ3) is 4.45. The fraction of sp³-hybridized carbons (Fsp3) is 0.115. The molecule has 0 amide bonds. The number of pyridine rings is 1. The first-order valence-corrected chi connectivity index (χ1v) is 12.3. The molecule has 8 heteroatoms. The molecule has 0 N–H and O–H groups in total. The third-order valence-electron chi connectivity index (χ3n) is 5.48. The molecule has 0 aliphatic rings. The molecule has 0 radical (unpaired) electrons. The molecule has 0 bridgehead atoms. The molecule has 4 rings (SSSR count). The molecule has 0 saturated carbocycles. The Labute approximate surface area is 200 Å². The minimum absolute atomic E-state index is 0.0182. The van der Waals surface area contributed by atoms with Gasteiger partial charge in [0, 0.05) is 11.6 Å². The molecule has 0 aliphatic heterocycles. The van der Waals surface area contributed by atoms with E-state index < -0.39 is 21.6 Å². The van der Waals surface area contributed by atoms with Gasteiger partial charge in [0.25, 0.3) is 0 Å². The molecule has 4 aromatic rings. The first kappa shape index (κ1) is 24.0. The number of para-hydroxylation sites is 1. The number of nitrogens with zero attached hydrogens (tertiary/aromatic N) is 1. The van der Waals surface area contributed by atoms with Crippen molar-refractivity contribution in [1.82, 2.24) is 4.98 Å². The Bertz CT molecular complexity index is 1530. The second kappa shape index (κ2) is 8.89. The molecular formula is C26H19ClF3NO2S. The Morgan fingerprint density at radius 1 is 1.00 bits per heavy atom. The maximum Gasteiger partial charge on any atom is 0.418 e. The van der Waals surface area contributed by atoms with Gasteiger partial charge < -0.3 is 0 Å². The van der Waals surface area contributed by atoms with Gasteiger partial charge in [-0.25, -0.2) is 8.42 Å². The molecule has 0 spiro atoms. The quantitative estimate of drug-likeness (QED) is 0.266. The molecular weight excluding hydrogens is 483 g/mol. The predicted octanol–water partition coefficient (Wildman–Crippen LogP) is 7.51. The molecule has 1 heterocycles. The molecule has 174 valence electrons. The highest BCUT2D eigenvalue weighted by atomic mass is 35.5. The molecule has 0 unspecified atom stereocenters. The van der Waals surface area contributed by atoms with Gasteiger partial charge in [-0.3, -0.25) is 4.98 Å². The van der Waals surface area contributed by atoms with E-state index in [2.05, 4.69) is 11.6 Å². The Morgan fingerprint density at radius 2 is 1.68 bits per heavy atom. The van der Waals surface area contributed by atoms with Crippen LogP contribution < -0.4 is 0 Å². The topological polar surface area (TPSA) is 47.0 Å². The summed E-state index contributed by atoms with van der Waals surface area (Å²) in [7, 11) is -3.59. The van der Waals surface area contributed by atoms with Crippen LogP contribution in [0.4, 0.5) is 13.2 Å². The minimum atomic E-state index is -4.52. The lowest BCUT2D eigenvalue weighted by atomic mass is 9.93. The molecule has 34 heavy (non-hydrogen) atoms. The number of sulfone groups is 1. The summed E-state index contributed by atoms with van der Waals surface area (Å²) in [5.74, 6) is -0.226. The highest BCUT2D eigenvalue weighted by Gasteiger charge is 2.33. The van der Waals surface area contributed by atoms with Crippen LogP contribution in [0.25, 0.3) is 33.2 Å². The smallest absolute Gasteiger partial charge is 0.255 e. The van der Waals surface area contributed by atoms with Gasteiger partial charge in [0.1, 0.15) is 0 Å². The van der Waals surface area contributed by atoms with Crippen molar-refractivity contribution in [2.75, 3.05) is 5.75 Å². The van der Waals surface area contributed by atoms with Crippen molar-refractivity contribution in [1.29, 1.82) is 0 Å². The van der Waals surface area contributed by atoms with Crippen LogP contribution in [0.2, 0.25) is 5.02 Å². The van der Waals surface area contributed by atoms with Crippen molar-refractivity contribution in [2.24, 2.45) is 0 Å². The van der Waals surface area contributed by atoms with Crippen LogP contribution in [-0.2, 0) is 16.0 Å². The number of rotatable bonds is 5. The van der Waals surface area contributed by atoms with Gasteiger partial charge in [-0.15, -0.1) is 6.58 Å². The van der Waals surface area contributed by atoms with Crippen LogP contribution in [-0.4, -0.2) is 19.2 Å². The Morgan fingerprint density at radius 3 is 2.35 bits per heavy atom. The average molecular weight is 502 g/mol. The monoisotopic (exact) mass is 501 g/mol. The Hall–Kier alpha value is -3.16. The van der Waals surface area contributed by atoms with E-state index in [-0.39, 0.29) is 21.2 Å². The lowest BCUT2D eigenvalue weighted by Gasteiger charge is -2.15. The van der Waals surface area contributed by atoms with Crippen molar-refractivity contribution in [3.05, 3.63) is 95.7 Å². The summed E-state index contributed by atoms with van der Waals surface area (Å²) >= 11 is 6.29. The van der Waals surface area contributed by atoms with Gasteiger partial charge in [-0.05, 0) is 59.0 Å². The zero-order valence-electron chi connectivity index (χ0n) is 18.0. The summed E-state index contributed by atoms with van der Waals surface area (Å²) in [6, 6.07) is 16.0. The van der Waals surface area contributed by atoms with Gasteiger partial charge in [-0.2, -0.15) is 13.2 Å². The highest BCUT2D eigenvalue weighted by Crippen LogP contribution is 2.39. The number of aromatic nitrogens is 1. The first-order valence-electron chi connectivity index (χ1n) is 10.2. The van der Waals surface area contributed by atoms with Crippen molar-refractivity contribution >= 4 is 32.3 Å². The molecule has 3 aromatic carbocycles. The number of halogens is 4. The lowest BCUT2D eigenvalue weighted by molar-refractivity contribution is -0.136. The minimum Gasteiger partial charge on any atom is -0.255 e. The highest BCUT2D eigenvalue weighted by molar-refractivity contribution is 7.91. The van der Waals surface area contributed by atoms with E-state index in [0.29, 0.717) is 22.1 Å². The third-order valence-corrected chi connectivity index (χ3v) is 7.61. The van der Waals surface area contributed by atoms with Gasteiger partial charge in [-0.1, -0.05) is 54.1 Å². The van der Waals surface area contributed by atoms with E-state index in [1.54, 1.807) is 31.2 Å². The van der Waals surface area contributed by atoms with Crippen LogP contribution in [0.15, 0.2) is 84.4 Å². The molecule has 0 fully saturated rings. The van der Waals surface area contributed by atoms with Crippen molar-refractivity contribution in [3.8, 4) is 22.3 Å². The molecule has 0 saturated heterocycles.